The van der Waals surface area contributed by atoms with Crippen LogP contribution >= 0.6 is 27.3 Å². The smallest absolute Gasteiger partial charge is 0.128 e. The Morgan fingerprint density at radius 2 is 2.00 bits per heavy atom. The minimum atomic E-state index is -0.413. The van der Waals surface area contributed by atoms with Crippen molar-refractivity contribution in [1.82, 2.24) is 0 Å². The van der Waals surface area contributed by atoms with Crippen molar-refractivity contribution in [1.29, 1.82) is 0 Å². The molecule has 2 N–H and O–H groups in total. The van der Waals surface area contributed by atoms with Gasteiger partial charge in [0.1, 0.15) is 5.82 Å². The Labute approximate surface area is 113 Å². The molecule has 0 aliphatic rings. The highest BCUT2D eigenvalue weighted by molar-refractivity contribution is 9.10. The molecule has 0 saturated heterocycles. The number of hydrogen-bond donors (Lipinski definition) is 1. The Bertz CT molecular complexity index is 550. The maximum atomic E-state index is 13.8. The molecule has 4 heteroatoms. The van der Waals surface area contributed by atoms with Gasteiger partial charge in [-0.15, -0.1) is 11.3 Å². The Balaban J connectivity index is 2.43. The van der Waals surface area contributed by atoms with Crippen molar-refractivity contribution in [2.45, 2.75) is 19.9 Å². The standard InChI is InChI=1S/C13H13BrFNS/c1-7-3-4-9(11(15)5-7)12(16)13-10(14)6-8(2)17-13/h3-6,12H,16H2,1-2H3. The number of hydrogen-bond acceptors (Lipinski definition) is 2. The van der Waals surface area contributed by atoms with Crippen LogP contribution in [-0.4, -0.2) is 0 Å². The molecule has 2 rings (SSSR count). The first-order chi connectivity index (χ1) is 7.99. The lowest BCUT2D eigenvalue weighted by Crippen LogP contribution is -2.12. The maximum Gasteiger partial charge on any atom is 0.128 e. The number of nitrogens with two attached hydrogens (primary N) is 1. The monoisotopic (exact) mass is 313 g/mol. The third-order valence-electron chi connectivity index (χ3n) is 2.61. The second-order valence-electron chi connectivity index (χ2n) is 4.07. The molecular weight excluding hydrogens is 301 g/mol. The number of aryl methyl sites for hydroxylation is 2. The minimum absolute atomic E-state index is 0.240. The van der Waals surface area contributed by atoms with Gasteiger partial charge in [0.15, 0.2) is 0 Å². The van der Waals surface area contributed by atoms with Crippen LogP contribution in [0.1, 0.15) is 26.9 Å². The first-order valence-electron chi connectivity index (χ1n) is 5.26. The van der Waals surface area contributed by atoms with Crippen LogP contribution in [-0.2, 0) is 0 Å². The molecule has 0 saturated carbocycles. The van der Waals surface area contributed by atoms with Gasteiger partial charge in [0.2, 0.25) is 0 Å². The van der Waals surface area contributed by atoms with E-state index in [0.717, 1.165) is 19.8 Å². The van der Waals surface area contributed by atoms with Crippen molar-refractivity contribution in [3.63, 3.8) is 0 Å². The summed E-state index contributed by atoms with van der Waals surface area (Å²) in [6, 6.07) is 6.75. The van der Waals surface area contributed by atoms with E-state index >= 15 is 0 Å². The molecule has 0 aliphatic heterocycles. The Morgan fingerprint density at radius 3 is 2.53 bits per heavy atom. The summed E-state index contributed by atoms with van der Waals surface area (Å²) in [5, 5.41) is 0. The number of halogens is 2. The average Bonchev–Trinajstić information content (AvgIpc) is 2.57. The largest absolute Gasteiger partial charge is 0.319 e. The van der Waals surface area contributed by atoms with Crippen LogP contribution in [0.5, 0.6) is 0 Å². The van der Waals surface area contributed by atoms with E-state index < -0.39 is 6.04 Å². The van der Waals surface area contributed by atoms with Crippen molar-refractivity contribution in [3.05, 3.63) is 55.4 Å². The summed E-state index contributed by atoms with van der Waals surface area (Å²) in [5.41, 5.74) is 7.56. The third kappa shape index (κ3) is 2.59. The summed E-state index contributed by atoms with van der Waals surface area (Å²) in [7, 11) is 0. The number of thiophene rings is 1. The summed E-state index contributed by atoms with van der Waals surface area (Å²) in [6.45, 7) is 3.88. The van der Waals surface area contributed by atoms with Crippen molar-refractivity contribution in [2.24, 2.45) is 5.73 Å². The molecule has 1 nitrogen and oxygen atoms in total. The predicted molar refractivity (Wildman–Crippen MR) is 73.9 cm³/mol. The summed E-state index contributed by atoms with van der Waals surface area (Å²) in [6.07, 6.45) is 0. The molecule has 0 amide bonds. The molecule has 1 aromatic heterocycles. The molecule has 0 spiro atoms. The Hall–Kier alpha value is -0.710. The normalized spacial score (nSPS) is 12.8. The van der Waals surface area contributed by atoms with Gasteiger partial charge in [0, 0.05) is 19.8 Å². The molecule has 17 heavy (non-hydrogen) atoms. The van der Waals surface area contributed by atoms with E-state index in [-0.39, 0.29) is 5.82 Å². The molecule has 1 heterocycles. The van der Waals surface area contributed by atoms with Crippen LogP contribution in [0.3, 0.4) is 0 Å². The van der Waals surface area contributed by atoms with Gasteiger partial charge in [0.05, 0.1) is 6.04 Å². The highest BCUT2D eigenvalue weighted by atomic mass is 79.9. The first kappa shape index (κ1) is 12.7. The van der Waals surface area contributed by atoms with Gasteiger partial charge in [-0.2, -0.15) is 0 Å². The molecule has 2 aromatic rings. The lowest BCUT2D eigenvalue weighted by molar-refractivity contribution is 0.599. The molecular formula is C13H13BrFNS. The van der Waals surface area contributed by atoms with Gasteiger partial charge < -0.3 is 5.73 Å². The second-order valence-corrected chi connectivity index (χ2v) is 6.21. The predicted octanol–water partition coefficient (Wildman–Crippen LogP) is 4.31. The SMILES string of the molecule is Cc1ccc(C(N)c2sc(C)cc2Br)c(F)c1. The van der Waals surface area contributed by atoms with Crippen LogP contribution in [0, 0.1) is 19.7 Å². The summed E-state index contributed by atoms with van der Waals surface area (Å²) in [4.78, 5) is 2.13. The molecule has 90 valence electrons. The van der Waals surface area contributed by atoms with Crippen LogP contribution < -0.4 is 5.73 Å². The van der Waals surface area contributed by atoms with Crippen molar-refractivity contribution in [2.75, 3.05) is 0 Å². The summed E-state index contributed by atoms with van der Waals surface area (Å²) < 4.78 is 14.8. The van der Waals surface area contributed by atoms with E-state index in [1.165, 1.54) is 6.07 Å². The maximum absolute atomic E-state index is 13.8. The van der Waals surface area contributed by atoms with Gasteiger partial charge in [-0.05, 0) is 47.5 Å². The third-order valence-corrected chi connectivity index (χ3v) is 4.66. The number of benzene rings is 1. The van der Waals surface area contributed by atoms with Crippen LogP contribution in [0.2, 0.25) is 0 Å². The zero-order chi connectivity index (χ0) is 12.6. The van der Waals surface area contributed by atoms with Crippen molar-refractivity contribution < 1.29 is 4.39 Å². The highest BCUT2D eigenvalue weighted by Gasteiger charge is 2.18. The van der Waals surface area contributed by atoms with E-state index in [4.69, 9.17) is 5.73 Å². The highest BCUT2D eigenvalue weighted by Crippen LogP contribution is 2.35. The lowest BCUT2D eigenvalue weighted by Gasteiger charge is -2.12. The van der Waals surface area contributed by atoms with Gasteiger partial charge in [-0.25, -0.2) is 4.39 Å². The van der Waals surface area contributed by atoms with E-state index in [1.54, 1.807) is 17.4 Å². The van der Waals surface area contributed by atoms with E-state index in [1.807, 2.05) is 26.0 Å². The second kappa shape index (κ2) is 4.88. The van der Waals surface area contributed by atoms with Gasteiger partial charge in [-0.1, -0.05) is 12.1 Å². The molecule has 1 unspecified atom stereocenters. The van der Waals surface area contributed by atoms with Crippen LogP contribution in [0.4, 0.5) is 4.39 Å². The zero-order valence-corrected chi connectivity index (χ0v) is 12.0. The molecule has 1 atom stereocenters. The van der Waals surface area contributed by atoms with Gasteiger partial charge in [-0.3, -0.25) is 0 Å². The molecule has 1 aromatic carbocycles. The molecule has 0 fully saturated rings. The fourth-order valence-corrected chi connectivity index (χ4v) is 3.66. The molecule has 0 radical (unpaired) electrons. The zero-order valence-electron chi connectivity index (χ0n) is 9.63. The lowest BCUT2D eigenvalue weighted by atomic mass is 10.0. The van der Waals surface area contributed by atoms with Crippen LogP contribution in [0.15, 0.2) is 28.7 Å². The van der Waals surface area contributed by atoms with Crippen molar-refractivity contribution in [3.8, 4) is 0 Å². The summed E-state index contributed by atoms with van der Waals surface area (Å²) in [5.74, 6) is -0.240. The van der Waals surface area contributed by atoms with Gasteiger partial charge in [0.25, 0.3) is 0 Å². The topological polar surface area (TPSA) is 26.0 Å². The van der Waals surface area contributed by atoms with E-state index in [0.29, 0.717) is 5.56 Å². The number of rotatable bonds is 2. The first-order valence-corrected chi connectivity index (χ1v) is 6.87. The fourth-order valence-electron chi connectivity index (χ4n) is 1.74. The quantitative estimate of drug-likeness (QED) is 0.878. The molecule has 0 aliphatic carbocycles. The van der Waals surface area contributed by atoms with E-state index in [2.05, 4.69) is 15.9 Å². The molecule has 0 bridgehead atoms. The minimum Gasteiger partial charge on any atom is -0.319 e. The Morgan fingerprint density at radius 1 is 1.29 bits per heavy atom. The van der Waals surface area contributed by atoms with Crippen LogP contribution in [0.25, 0.3) is 0 Å². The average molecular weight is 314 g/mol. The fraction of sp³-hybridized carbons (Fsp3) is 0.231. The Kier molecular flexibility index (Phi) is 3.66. The van der Waals surface area contributed by atoms with Crippen molar-refractivity contribution >= 4 is 27.3 Å². The summed E-state index contributed by atoms with van der Waals surface area (Å²) >= 11 is 5.05. The van der Waals surface area contributed by atoms with E-state index in [9.17, 15) is 4.39 Å². The van der Waals surface area contributed by atoms with Gasteiger partial charge >= 0.3 is 0 Å².